The van der Waals surface area contributed by atoms with Gasteiger partial charge in [0.1, 0.15) is 11.4 Å². The van der Waals surface area contributed by atoms with Crippen molar-refractivity contribution in [3.05, 3.63) is 30.3 Å². The Hall–Kier alpha value is -1.02. The SMILES string of the molecule is OCC1(Oc2ccccc2)CC1. The Kier molecular flexibility index (Phi) is 1.77. The third-order valence-corrected chi connectivity index (χ3v) is 2.17. The van der Waals surface area contributed by atoms with E-state index in [2.05, 4.69) is 0 Å². The van der Waals surface area contributed by atoms with Crippen LogP contribution in [0.2, 0.25) is 0 Å². The van der Waals surface area contributed by atoms with Gasteiger partial charge in [-0.2, -0.15) is 0 Å². The lowest BCUT2D eigenvalue weighted by Gasteiger charge is -2.14. The molecule has 0 aliphatic heterocycles. The van der Waals surface area contributed by atoms with E-state index in [1.54, 1.807) is 0 Å². The molecule has 1 aromatic rings. The summed E-state index contributed by atoms with van der Waals surface area (Å²) in [4.78, 5) is 0. The van der Waals surface area contributed by atoms with Crippen molar-refractivity contribution in [2.45, 2.75) is 18.4 Å². The van der Waals surface area contributed by atoms with Crippen molar-refractivity contribution in [3.63, 3.8) is 0 Å². The highest BCUT2D eigenvalue weighted by Crippen LogP contribution is 2.39. The zero-order valence-electron chi connectivity index (χ0n) is 6.86. The second-order valence-electron chi connectivity index (χ2n) is 3.26. The standard InChI is InChI=1S/C10H12O2/c11-8-10(6-7-10)12-9-4-2-1-3-5-9/h1-5,11H,6-8H2. The summed E-state index contributed by atoms with van der Waals surface area (Å²) in [5.74, 6) is 0.851. The third-order valence-electron chi connectivity index (χ3n) is 2.17. The summed E-state index contributed by atoms with van der Waals surface area (Å²) >= 11 is 0. The molecule has 2 rings (SSSR count). The highest BCUT2D eigenvalue weighted by molar-refractivity contribution is 5.23. The molecule has 0 amide bonds. The molecule has 1 aliphatic rings. The first-order valence-corrected chi connectivity index (χ1v) is 4.20. The van der Waals surface area contributed by atoms with Crippen LogP contribution in [-0.4, -0.2) is 17.3 Å². The van der Waals surface area contributed by atoms with Crippen molar-refractivity contribution >= 4 is 0 Å². The summed E-state index contributed by atoms with van der Waals surface area (Å²) in [6.07, 6.45) is 1.94. The number of para-hydroxylation sites is 1. The number of aliphatic hydroxyl groups excluding tert-OH is 1. The highest BCUT2D eigenvalue weighted by Gasteiger charge is 2.44. The van der Waals surface area contributed by atoms with Gasteiger partial charge < -0.3 is 9.84 Å². The minimum atomic E-state index is -0.249. The summed E-state index contributed by atoms with van der Waals surface area (Å²) in [7, 11) is 0. The Balaban J connectivity index is 2.04. The average Bonchev–Trinajstić information content (AvgIpc) is 2.88. The van der Waals surface area contributed by atoms with Gasteiger partial charge in [0.05, 0.1) is 6.61 Å². The monoisotopic (exact) mass is 164 g/mol. The van der Waals surface area contributed by atoms with Gasteiger partial charge in [0.15, 0.2) is 0 Å². The minimum absolute atomic E-state index is 0.127. The molecule has 0 saturated heterocycles. The predicted octanol–water partition coefficient (Wildman–Crippen LogP) is 1.59. The zero-order valence-corrected chi connectivity index (χ0v) is 6.86. The quantitative estimate of drug-likeness (QED) is 0.735. The van der Waals surface area contributed by atoms with Crippen LogP contribution >= 0.6 is 0 Å². The number of hydrogen-bond acceptors (Lipinski definition) is 2. The molecule has 2 heteroatoms. The summed E-state index contributed by atoms with van der Waals surface area (Å²) in [5.41, 5.74) is -0.249. The summed E-state index contributed by atoms with van der Waals surface area (Å²) in [6.45, 7) is 0.127. The lowest BCUT2D eigenvalue weighted by Crippen LogP contribution is -2.22. The number of ether oxygens (including phenoxy) is 1. The van der Waals surface area contributed by atoms with Gasteiger partial charge in [-0.3, -0.25) is 0 Å². The third kappa shape index (κ3) is 1.43. The van der Waals surface area contributed by atoms with E-state index in [0.29, 0.717) is 0 Å². The number of hydrogen-bond donors (Lipinski definition) is 1. The lowest BCUT2D eigenvalue weighted by molar-refractivity contribution is 0.0954. The fourth-order valence-electron chi connectivity index (χ4n) is 1.17. The van der Waals surface area contributed by atoms with Crippen LogP contribution in [0, 0.1) is 0 Å². The normalized spacial score (nSPS) is 18.8. The topological polar surface area (TPSA) is 29.5 Å². The fourth-order valence-corrected chi connectivity index (χ4v) is 1.17. The minimum Gasteiger partial charge on any atom is -0.485 e. The summed E-state index contributed by atoms with van der Waals surface area (Å²) in [5, 5.41) is 8.99. The van der Waals surface area contributed by atoms with Gasteiger partial charge in [0.2, 0.25) is 0 Å². The molecular weight excluding hydrogens is 152 g/mol. The number of benzene rings is 1. The van der Waals surface area contributed by atoms with Crippen LogP contribution < -0.4 is 4.74 Å². The van der Waals surface area contributed by atoms with Crippen LogP contribution in [0.15, 0.2) is 30.3 Å². The Labute approximate surface area is 71.8 Å². The molecule has 64 valence electrons. The van der Waals surface area contributed by atoms with Crippen molar-refractivity contribution in [2.24, 2.45) is 0 Å². The van der Waals surface area contributed by atoms with Crippen LogP contribution in [0.5, 0.6) is 5.75 Å². The van der Waals surface area contributed by atoms with Crippen molar-refractivity contribution in [1.82, 2.24) is 0 Å². The van der Waals surface area contributed by atoms with Crippen LogP contribution in [0.1, 0.15) is 12.8 Å². The first-order chi connectivity index (χ1) is 5.85. The van der Waals surface area contributed by atoms with Gasteiger partial charge in [0.25, 0.3) is 0 Å². The molecule has 1 aliphatic carbocycles. The summed E-state index contributed by atoms with van der Waals surface area (Å²) in [6, 6.07) is 9.64. The molecule has 0 aromatic heterocycles. The van der Waals surface area contributed by atoms with Crippen LogP contribution in [0.3, 0.4) is 0 Å². The van der Waals surface area contributed by atoms with Gasteiger partial charge in [-0.15, -0.1) is 0 Å². The van der Waals surface area contributed by atoms with E-state index in [0.717, 1.165) is 18.6 Å². The van der Waals surface area contributed by atoms with E-state index in [-0.39, 0.29) is 12.2 Å². The molecule has 12 heavy (non-hydrogen) atoms. The molecule has 0 unspecified atom stereocenters. The van der Waals surface area contributed by atoms with E-state index in [1.165, 1.54) is 0 Å². The Morgan fingerprint density at radius 1 is 1.25 bits per heavy atom. The van der Waals surface area contributed by atoms with Crippen LogP contribution in [0.25, 0.3) is 0 Å². The predicted molar refractivity (Wildman–Crippen MR) is 46.1 cm³/mol. The molecule has 0 bridgehead atoms. The molecule has 0 spiro atoms. The van der Waals surface area contributed by atoms with E-state index >= 15 is 0 Å². The molecule has 2 nitrogen and oxygen atoms in total. The molecule has 1 aromatic carbocycles. The first-order valence-electron chi connectivity index (χ1n) is 4.20. The van der Waals surface area contributed by atoms with E-state index < -0.39 is 0 Å². The fraction of sp³-hybridized carbons (Fsp3) is 0.400. The van der Waals surface area contributed by atoms with Crippen molar-refractivity contribution in [2.75, 3.05) is 6.61 Å². The van der Waals surface area contributed by atoms with Gasteiger partial charge >= 0.3 is 0 Å². The van der Waals surface area contributed by atoms with E-state index in [9.17, 15) is 0 Å². The zero-order chi connectivity index (χ0) is 8.44. The van der Waals surface area contributed by atoms with Crippen molar-refractivity contribution in [1.29, 1.82) is 0 Å². The molecule has 1 fully saturated rings. The van der Waals surface area contributed by atoms with Gasteiger partial charge in [-0.25, -0.2) is 0 Å². The van der Waals surface area contributed by atoms with Gasteiger partial charge in [-0.1, -0.05) is 18.2 Å². The molecule has 0 heterocycles. The second kappa shape index (κ2) is 2.79. The molecule has 1 saturated carbocycles. The van der Waals surface area contributed by atoms with Crippen molar-refractivity contribution < 1.29 is 9.84 Å². The molecule has 0 radical (unpaired) electrons. The second-order valence-corrected chi connectivity index (χ2v) is 3.26. The van der Waals surface area contributed by atoms with Gasteiger partial charge in [-0.05, 0) is 25.0 Å². The summed E-state index contributed by atoms with van der Waals surface area (Å²) < 4.78 is 5.61. The Morgan fingerprint density at radius 2 is 1.92 bits per heavy atom. The van der Waals surface area contributed by atoms with Crippen LogP contribution in [-0.2, 0) is 0 Å². The maximum atomic E-state index is 8.99. The Morgan fingerprint density at radius 3 is 2.42 bits per heavy atom. The first kappa shape index (κ1) is 7.62. The average molecular weight is 164 g/mol. The maximum absolute atomic E-state index is 8.99. The van der Waals surface area contributed by atoms with Gasteiger partial charge in [0, 0.05) is 0 Å². The number of rotatable bonds is 3. The lowest BCUT2D eigenvalue weighted by atomic mass is 10.3. The Bertz CT molecular complexity index is 252. The highest BCUT2D eigenvalue weighted by atomic mass is 16.5. The van der Waals surface area contributed by atoms with E-state index in [4.69, 9.17) is 9.84 Å². The smallest absolute Gasteiger partial charge is 0.132 e. The maximum Gasteiger partial charge on any atom is 0.132 e. The van der Waals surface area contributed by atoms with Crippen LogP contribution in [0.4, 0.5) is 0 Å². The molecular formula is C10H12O2. The largest absolute Gasteiger partial charge is 0.485 e. The van der Waals surface area contributed by atoms with E-state index in [1.807, 2.05) is 30.3 Å². The number of aliphatic hydroxyl groups is 1. The van der Waals surface area contributed by atoms with Crippen molar-refractivity contribution in [3.8, 4) is 5.75 Å². The molecule has 0 atom stereocenters. The molecule has 1 N–H and O–H groups in total.